The van der Waals surface area contributed by atoms with Gasteiger partial charge in [-0.3, -0.25) is 9.89 Å². The summed E-state index contributed by atoms with van der Waals surface area (Å²) in [6.45, 7) is 8.52. The summed E-state index contributed by atoms with van der Waals surface area (Å²) < 4.78 is 16.4. The topological polar surface area (TPSA) is 58.6 Å². The molecule has 2 heterocycles. The van der Waals surface area contributed by atoms with E-state index in [-0.39, 0.29) is 24.0 Å². The van der Waals surface area contributed by atoms with Gasteiger partial charge in [0.1, 0.15) is 0 Å². The van der Waals surface area contributed by atoms with Crippen molar-refractivity contribution in [3.8, 4) is 17.2 Å². The molecule has 178 valence electrons. The fraction of sp³-hybridized carbons (Fsp3) is 0.522. The molecule has 0 unspecified atom stereocenters. The minimum Gasteiger partial charge on any atom is -0.493 e. The van der Waals surface area contributed by atoms with Crippen LogP contribution in [0.2, 0.25) is 0 Å². The molecule has 0 saturated carbocycles. The number of ether oxygens (including phenoxy) is 3. The Kier molecular flexibility index (Phi) is 11.4. The molecule has 7 nitrogen and oxygen atoms in total. The summed E-state index contributed by atoms with van der Waals surface area (Å²) in [7, 11) is 4.93. The third-order valence-corrected chi connectivity index (χ3v) is 6.27. The first kappa shape index (κ1) is 26.5. The van der Waals surface area contributed by atoms with Crippen molar-refractivity contribution < 1.29 is 14.2 Å². The molecule has 0 bridgehead atoms. The maximum Gasteiger partial charge on any atom is 0.203 e. The minimum absolute atomic E-state index is 0. The molecule has 0 amide bonds. The lowest BCUT2D eigenvalue weighted by Crippen LogP contribution is -2.52. The molecular formula is C23H35IN4O3S. The Balaban J connectivity index is 0.00000363. The lowest BCUT2D eigenvalue weighted by molar-refractivity contribution is 0.172. The van der Waals surface area contributed by atoms with Crippen molar-refractivity contribution in [2.75, 3.05) is 60.6 Å². The van der Waals surface area contributed by atoms with Crippen molar-refractivity contribution in [1.29, 1.82) is 0 Å². The molecule has 0 radical (unpaired) electrons. The molecule has 0 aliphatic carbocycles. The summed E-state index contributed by atoms with van der Waals surface area (Å²) in [5.74, 6) is 3.05. The molecule has 1 aromatic carbocycles. The first-order valence-corrected chi connectivity index (χ1v) is 11.6. The van der Waals surface area contributed by atoms with E-state index in [1.54, 1.807) is 32.7 Å². The third kappa shape index (κ3) is 7.14. The largest absolute Gasteiger partial charge is 0.493 e. The fourth-order valence-electron chi connectivity index (χ4n) is 3.76. The van der Waals surface area contributed by atoms with E-state index < -0.39 is 0 Å². The van der Waals surface area contributed by atoms with Crippen LogP contribution in [-0.4, -0.2) is 76.4 Å². The van der Waals surface area contributed by atoms with Crippen LogP contribution in [0.4, 0.5) is 0 Å². The Hall–Kier alpha value is -1.72. The number of rotatable bonds is 9. The van der Waals surface area contributed by atoms with Gasteiger partial charge in [0.25, 0.3) is 0 Å². The molecule has 1 aromatic heterocycles. The van der Waals surface area contributed by atoms with Gasteiger partial charge in [-0.15, -0.1) is 35.3 Å². The second kappa shape index (κ2) is 13.7. The molecule has 2 aromatic rings. The number of nitrogens with one attached hydrogen (secondary N) is 1. The average Bonchev–Trinajstić information content (AvgIpc) is 3.32. The first-order valence-electron chi connectivity index (χ1n) is 10.7. The molecule has 1 saturated heterocycles. The van der Waals surface area contributed by atoms with Gasteiger partial charge >= 0.3 is 0 Å². The van der Waals surface area contributed by atoms with Crippen LogP contribution in [-0.2, 0) is 13.0 Å². The van der Waals surface area contributed by atoms with Gasteiger partial charge in [-0.05, 0) is 36.1 Å². The standard InChI is InChI=1S/C23H34N4O3S.HI/c1-5-24-23(25-9-8-19-7-6-14-31-19)27-12-10-26(11-13-27)17-18-15-20(28-2)22(30-4)21(16-18)29-3;/h6-7,14-16H,5,8-13,17H2,1-4H3,(H,24,25);1H. The van der Waals surface area contributed by atoms with Gasteiger partial charge in [0.05, 0.1) is 21.3 Å². The van der Waals surface area contributed by atoms with Crippen LogP contribution in [0.15, 0.2) is 34.6 Å². The van der Waals surface area contributed by atoms with E-state index in [4.69, 9.17) is 19.2 Å². The fourth-order valence-corrected chi connectivity index (χ4v) is 4.45. The highest BCUT2D eigenvalue weighted by molar-refractivity contribution is 14.0. The highest BCUT2D eigenvalue weighted by atomic mass is 127. The zero-order valence-corrected chi connectivity index (χ0v) is 22.6. The Bertz CT molecular complexity index is 815. The normalized spacial score (nSPS) is 14.6. The monoisotopic (exact) mass is 574 g/mol. The summed E-state index contributed by atoms with van der Waals surface area (Å²) in [6, 6.07) is 8.34. The van der Waals surface area contributed by atoms with E-state index in [2.05, 4.69) is 39.6 Å². The number of hydrogen-bond donors (Lipinski definition) is 1. The average molecular weight is 575 g/mol. The highest BCUT2D eigenvalue weighted by Gasteiger charge is 2.21. The molecular weight excluding hydrogens is 539 g/mol. The van der Waals surface area contributed by atoms with E-state index >= 15 is 0 Å². The number of aliphatic imine (C=N–C) groups is 1. The first-order chi connectivity index (χ1) is 15.2. The van der Waals surface area contributed by atoms with Crippen LogP contribution in [0.1, 0.15) is 17.4 Å². The maximum absolute atomic E-state index is 5.49. The van der Waals surface area contributed by atoms with E-state index in [1.807, 2.05) is 12.1 Å². The van der Waals surface area contributed by atoms with E-state index in [0.717, 1.165) is 63.8 Å². The van der Waals surface area contributed by atoms with Gasteiger partial charge in [-0.25, -0.2) is 0 Å². The molecule has 3 rings (SSSR count). The van der Waals surface area contributed by atoms with Crippen molar-refractivity contribution in [3.63, 3.8) is 0 Å². The predicted molar refractivity (Wildman–Crippen MR) is 142 cm³/mol. The zero-order chi connectivity index (χ0) is 22.1. The molecule has 1 N–H and O–H groups in total. The van der Waals surface area contributed by atoms with Crippen LogP contribution in [0.25, 0.3) is 0 Å². The Morgan fingerprint density at radius 2 is 1.75 bits per heavy atom. The van der Waals surface area contributed by atoms with Crippen LogP contribution in [0, 0.1) is 0 Å². The summed E-state index contributed by atoms with van der Waals surface area (Å²) >= 11 is 1.80. The Morgan fingerprint density at radius 3 is 2.28 bits per heavy atom. The Labute approximate surface area is 212 Å². The van der Waals surface area contributed by atoms with Crippen molar-refractivity contribution >= 4 is 41.3 Å². The second-order valence-corrected chi connectivity index (χ2v) is 8.39. The number of thiophene rings is 1. The SMILES string of the molecule is CCNC(=NCCc1cccs1)N1CCN(Cc2cc(OC)c(OC)c(OC)c2)CC1.I. The summed E-state index contributed by atoms with van der Waals surface area (Å²) in [6.07, 6.45) is 0.994. The van der Waals surface area contributed by atoms with Crippen LogP contribution < -0.4 is 19.5 Å². The van der Waals surface area contributed by atoms with Crippen molar-refractivity contribution in [2.45, 2.75) is 19.9 Å². The number of benzene rings is 1. The van der Waals surface area contributed by atoms with E-state index in [0.29, 0.717) is 17.2 Å². The Morgan fingerprint density at radius 1 is 1.06 bits per heavy atom. The van der Waals surface area contributed by atoms with Gasteiger partial charge in [0, 0.05) is 57.1 Å². The number of nitrogens with zero attached hydrogens (tertiary/aromatic N) is 3. The minimum atomic E-state index is 0. The number of methoxy groups -OCH3 is 3. The molecule has 32 heavy (non-hydrogen) atoms. The summed E-state index contributed by atoms with van der Waals surface area (Å²) in [5, 5.41) is 5.58. The van der Waals surface area contributed by atoms with E-state index in [9.17, 15) is 0 Å². The van der Waals surface area contributed by atoms with Gasteiger partial charge in [-0.2, -0.15) is 0 Å². The maximum atomic E-state index is 5.49. The molecule has 1 aliphatic rings. The smallest absolute Gasteiger partial charge is 0.203 e. The number of guanidine groups is 1. The van der Waals surface area contributed by atoms with Gasteiger partial charge in [0.15, 0.2) is 17.5 Å². The van der Waals surface area contributed by atoms with Crippen molar-refractivity contribution in [1.82, 2.24) is 15.1 Å². The zero-order valence-electron chi connectivity index (χ0n) is 19.4. The third-order valence-electron chi connectivity index (χ3n) is 5.34. The van der Waals surface area contributed by atoms with Crippen molar-refractivity contribution in [3.05, 3.63) is 40.1 Å². The van der Waals surface area contributed by atoms with Gasteiger partial charge in [-0.1, -0.05) is 6.07 Å². The number of piperazine rings is 1. The number of halogens is 1. The molecule has 1 fully saturated rings. The van der Waals surface area contributed by atoms with Crippen LogP contribution >= 0.6 is 35.3 Å². The van der Waals surface area contributed by atoms with Gasteiger partial charge < -0.3 is 24.4 Å². The highest BCUT2D eigenvalue weighted by Crippen LogP contribution is 2.38. The predicted octanol–water partition coefficient (Wildman–Crippen LogP) is 3.72. The molecule has 0 spiro atoms. The molecule has 0 atom stereocenters. The summed E-state index contributed by atoms with van der Waals surface area (Å²) in [5.41, 5.74) is 1.15. The van der Waals surface area contributed by atoms with Crippen LogP contribution in [0.3, 0.4) is 0 Å². The lowest BCUT2D eigenvalue weighted by Gasteiger charge is -2.36. The van der Waals surface area contributed by atoms with Crippen molar-refractivity contribution in [2.24, 2.45) is 4.99 Å². The van der Waals surface area contributed by atoms with E-state index in [1.165, 1.54) is 4.88 Å². The van der Waals surface area contributed by atoms with Gasteiger partial charge in [0.2, 0.25) is 5.75 Å². The molecule has 1 aliphatic heterocycles. The quantitative estimate of drug-likeness (QED) is 0.280. The number of hydrogen-bond acceptors (Lipinski definition) is 6. The lowest BCUT2D eigenvalue weighted by atomic mass is 10.1. The summed E-state index contributed by atoms with van der Waals surface area (Å²) in [4.78, 5) is 11.1. The second-order valence-electron chi connectivity index (χ2n) is 7.36. The molecule has 9 heteroatoms. The van der Waals surface area contributed by atoms with Crippen LogP contribution in [0.5, 0.6) is 17.2 Å².